The first kappa shape index (κ1) is 7.80. The Morgan fingerprint density at radius 1 is 1.50 bits per heavy atom. The summed E-state index contributed by atoms with van der Waals surface area (Å²) in [5.41, 5.74) is 3.35. The third kappa shape index (κ3) is 1.25. The molecule has 3 heteroatoms. The third-order valence-electron chi connectivity index (χ3n) is 1.81. The minimum absolute atomic E-state index is 0.814. The Balaban J connectivity index is 2.62. The van der Waals surface area contributed by atoms with Crippen LogP contribution in [0.2, 0.25) is 0 Å². The highest BCUT2D eigenvalue weighted by Gasteiger charge is 2.08. The Morgan fingerprint density at radius 2 is 2.33 bits per heavy atom. The van der Waals surface area contributed by atoms with E-state index in [1.54, 1.807) is 0 Å². The fraction of sp³-hybridized carbons (Fsp3) is 0.222. The summed E-state index contributed by atoms with van der Waals surface area (Å²) < 4.78 is 1.09. The summed E-state index contributed by atoms with van der Waals surface area (Å²) >= 11 is 3.50. The maximum absolute atomic E-state index is 4.30. The lowest BCUT2D eigenvalue weighted by molar-refractivity contribution is 1.30. The zero-order valence-corrected chi connectivity index (χ0v) is 8.35. The van der Waals surface area contributed by atoms with Crippen LogP contribution in [0.1, 0.15) is 5.56 Å². The van der Waals surface area contributed by atoms with Crippen molar-refractivity contribution in [3.8, 4) is 0 Å². The topological polar surface area (TPSA) is 24.4 Å². The van der Waals surface area contributed by atoms with Crippen molar-refractivity contribution >= 4 is 33.5 Å². The first-order valence-electron chi connectivity index (χ1n) is 3.84. The molecule has 12 heavy (non-hydrogen) atoms. The zero-order valence-electron chi connectivity index (χ0n) is 6.76. The van der Waals surface area contributed by atoms with Crippen molar-refractivity contribution in [1.29, 1.82) is 0 Å². The van der Waals surface area contributed by atoms with Gasteiger partial charge in [-0.1, -0.05) is 0 Å². The Bertz CT molecular complexity index is 345. The molecular weight excluding hydrogens is 216 g/mol. The maximum Gasteiger partial charge on any atom is 0.0872 e. The predicted octanol–water partition coefficient (Wildman–Crippen LogP) is 2.89. The average molecular weight is 225 g/mol. The highest BCUT2D eigenvalue weighted by atomic mass is 79.9. The number of aryl methyl sites for hydroxylation is 1. The second-order valence-electron chi connectivity index (χ2n) is 2.83. The second kappa shape index (κ2) is 2.90. The highest BCUT2D eigenvalue weighted by molar-refractivity contribution is 9.10. The van der Waals surface area contributed by atoms with Gasteiger partial charge in [0, 0.05) is 10.7 Å². The molecule has 1 aliphatic heterocycles. The van der Waals surface area contributed by atoms with Gasteiger partial charge in [0.15, 0.2) is 0 Å². The summed E-state index contributed by atoms with van der Waals surface area (Å²) in [6.45, 7) is 2.88. The van der Waals surface area contributed by atoms with Gasteiger partial charge < -0.3 is 5.32 Å². The lowest BCUT2D eigenvalue weighted by atomic mass is 10.2. The van der Waals surface area contributed by atoms with Crippen LogP contribution >= 0.6 is 15.9 Å². The molecule has 0 spiro atoms. The van der Waals surface area contributed by atoms with E-state index in [0.29, 0.717) is 0 Å². The van der Waals surface area contributed by atoms with Crippen molar-refractivity contribution in [2.45, 2.75) is 6.92 Å². The molecule has 1 heterocycles. The minimum Gasteiger partial charge on any atom is -0.377 e. The number of rotatable bonds is 0. The van der Waals surface area contributed by atoms with E-state index >= 15 is 0 Å². The fourth-order valence-electron chi connectivity index (χ4n) is 1.29. The normalized spacial score (nSPS) is 13.8. The number of fused-ring (bicyclic) bond motifs is 1. The lowest BCUT2D eigenvalue weighted by Crippen LogP contribution is -2.07. The molecule has 0 bridgehead atoms. The summed E-state index contributed by atoms with van der Waals surface area (Å²) in [6.07, 6.45) is 1.88. The van der Waals surface area contributed by atoms with Crippen molar-refractivity contribution in [3.05, 3.63) is 22.2 Å². The smallest absolute Gasteiger partial charge is 0.0872 e. The van der Waals surface area contributed by atoms with Crippen LogP contribution in [0, 0.1) is 6.92 Å². The van der Waals surface area contributed by atoms with E-state index in [2.05, 4.69) is 45.3 Å². The average Bonchev–Trinajstić information content (AvgIpc) is 2.04. The number of anilines is 1. The monoisotopic (exact) mass is 224 g/mol. The summed E-state index contributed by atoms with van der Waals surface area (Å²) in [5, 5.41) is 3.26. The molecule has 2 rings (SSSR count). The van der Waals surface area contributed by atoms with E-state index < -0.39 is 0 Å². The first-order valence-corrected chi connectivity index (χ1v) is 4.63. The molecule has 1 aromatic rings. The number of nitrogens with zero attached hydrogens (tertiary/aromatic N) is 1. The van der Waals surface area contributed by atoms with Gasteiger partial charge in [-0.3, -0.25) is 4.99 Å². The Kier molecular flexibility index (Phi) is 1.89. The van der Waals surface area contributed by atoms with Gasteiger partial charge in [0.05, 0.1) is 17.9 Å². The molecule has 0 amide bonds. The van der Waals surface area contributed by atoms with Crippen LogP contribution in [0.25, 0.3) is 0 Å². The van der Waals surface area contributed by atoms with E-state index in [9.17, 15) is 0 Å². The second-order valence-corrected chi connectivity index (χ2v) is 3.69. The Labute approximate surface area is 79.8 Å². The molecule has 0 saturated carbocycles. The van der Waals surface area contributed by atoms with E-state index in [-0.39, 0.29) is 0 Å². The number of aliphatic imine (C=N–C) groups is 1. The largest absolute Gasteiger partial charge is 0.377 e. The first-order chi connectivity index (χ1) is 5.77. The number of nitrogens with one attached hydrogen (secondary N) is 1. The summed E-state index contributed by atoms with van der Waals surface area (Å²) in [4.78, 5) is 4.30. The molecule has 0 aliphatic carbocycles. The van der Waals surface area contributed by atoms with Gasteiger partial charge in [-0.15, -0.1) is 0 Å². The van der Waals surface area contributed by atoms with Crippen molar-refractivity contribution in [3.63, 3.8) is 0 Å². The SMILES string of the molecule is Cc1cc(Br)c2c(c1)N=CCN2. The number of hydrogen-bond acceptors (Lipinski definition) is 2. The summed E-state index contributed by atoms with van der Waals surface area (Å²) in [5.74, 6) is 0. The zero-order chi connectivity index (χ0) is 8.55. The number of halogens is 1. The molecule has 2 nitrogen and oxygen atoms in total. The number of hydrogen-bond donors (Lipinski definition) is 1. The van der Waals surface area contributed by atoms with Gasteiger partial charge in [-0.05, 0) is 40.5 Å². The molecule has 1 N–H and O–H groups in total. The minimum atomic E-state index is 0.814. The molecule has 1 aliphatic rings. The Morgan fingerprint density at radius 3 is 3.17 bits per heavy atom. The molecule has 62 valence electrons. The quantitative estimate of drug-likeness (QED) is 0.721. The summed E-state index contributed by atoms with van der Waals surface area (Å²) in [7, 11) is 0. The highest BCUT2D eigenvalue weighted by Crippen LogP contribution is 2.35. The predicted molar refractivity (Wildman–Crippen MR) is 55.5 cm³/mol. The maximum atomic E-state index is 4.30. The van der Waals surface area contributed by atoms with Crippen molar-refractivity contribution in [2.24, 2.45) is 4.99 Å². The van der Waals surface area contributed by atoms with Crippen molar-refractivity contribution < 1.29 is 0 Å². The van der Waals surface area contributed by atoms with Crippen molar-refractivity contribution in [2.75, 3.05) is 11.9 Å². The van der Waals surface area contributed by atoms with Gasteiger partial charge in [-0.2, -0.15) is 0 Å². The van der Waals surface area contributed by atoms with Crippen LogP contribution in [0.15, 0.2) is 21.6 Å². The fourth-order valence-corrected chi connectivity index (χ4v) is 2.00. The van der Waals surface area contributed by atoms with Gasteiger partial charge in [0.1, 0.15) is 0 Å². The Hall–Kier alpha value is -0.830. The molecule has 0 radical (unpaired) electrons. The van der Waals surface area contributed by atoms with Crippen LogP contribution in [-0.2, 0) is 0 Å². The van der Waals surface area contributed by atoms with Crippen LogP contribution in [0.5, 0.6) is 0 Å². The van der Waals surface area contributed by atoms with Crippen LogP contribution in [0.3, 0.4) is 0 Å². The molecule has 0 saturated heterocycles. The molecule has 0 unspecified atom stereocenters. The van der Waals surface area contributed by atoms with Crippen LogP contribution in [0.4, 0.5) is 11.4 Å². The van der Waals surface area contributed by atoms with E-state index in [0.717, 1.165) is 22.4 Å². The third-order valence-corrected chi connectivity index (χ3v) is 2.44. The lowest BCUT2D eigenvalue weighted by Gasteiger charge is -2.14. The van der Waals surface area contributed by atoms with E-state index in [1.165, 1.54) is 5.56 Å². The molecule has 0 atom stereocenters. The molecular formula is C9H9BrN2. The molecule has 0 aromatic heterocycles. The molecule has 0 fully saturated rings. The van der Waals surface area contributed by atoms with Gasteiger partial charge >= 0.3 is 0 Å². The molecule has 1 aromatic carbocycles. The summed E-state index contributed by atoms with van der Waals surface area (Å²) in [6, 6.07) is 4.16. The van der Waals surface area contributed by atoms with E-state index in [4.69, 9.17) is 0 Å². The standard InChI is InChI=1S/C9H9BrN2/c1-6-4-7(10)9-8(5-6)11-2-3-12-9/h2,4-5,12H,3H2,1H3. The van der Waals surface area contributed by atoms with Gasteiger partial charge in [0.25, 0.3) is 0 Å². The van der Waals surface area contributed by atoms with Crippen LogP contribution in [-0.4, -0.2) is 12.8 Å². The van der Waals surface area contributed by atoms with Gasteiger partial charge in [0.2, 0.25) is 0 Å². The van der Waals surface area contributed by atoms with E-state index in [1.807, 2.05) is 6.21 Å². The van der Waals surface area contributed by atoms with Gasteiger partial charge in [-0.25, -0.2) is 0 Å². The number of benzene rings is 1. The van der Waals surface area contributed by atoms with Crippen molar-refractivity contribution in [1.82, 2.24) is 0 Å². The van der Waals surface area contributed by atoms with Crippen LogP contribution < -0.4 is 5.32 Å².